The number of para-hydroxylation sites is 1. The van der Waals surface area contributed by atoms with Crippen molar-refractivity contribution in [2.24, 2.45) is 0 Å². The van der Waals surface area contributed by atoms with Crippen LogP contribution in [-0.2, 0) is 9.59 Å². The second-order valence-electron chi connectivity index (χ2n) is 4.92. The molecule has 0 saturated heterocycles. The second-order valence-corrected chi connectivity index (χ2v) is 5.86. The van der Waals surface area contributed by atoms with Gasteiger partial charge in [0.25, 0.3) is 5.91 Å². The lowest BCUT2D eigenvalue weighted by atomic mass is 10.0. The molecule has 0 fully saturated rings. The lowest BCUT2D eigenvalue weighted by molar-refractivity contribution is -0.131. The molecule has 1 aromatic carbocycles. The number of carbonyl (C=O) groups is 2. The van der Waals surface area contributed by atoms with Gasteiger partial charge in [-0.25, -0.2) is 5.48 Å². The number of nitrogens with one attached hydrogen (secondary N) is 2. The summed E-state index contributed by atoms with van der Waals surface area (Å²) in [7, 11) is 0. The summed E-state index contributed by atoms with van der Waals surface area (Å²) in [5, 5.41) is 11.9. The fraction of sp³-hybridized carbons (Fsp3) is 0.125. The highest BCUT2D eigenvalue weighted by atomic mass is 32.1. The minimum atomic E-state index is -0.661. The van der Waals surface area contributed by atoms with Crippen LogP contribution in [-0.4, -0.2) is 22.4 Å². The summed E-state index contributed by atoms with van der Waals surface area (Å²) >= 11 is 1.40. The Hall–Kier alpha value is -2.44. The Balaban J connectivity index is 1.99. The summed E-state index contributed by atoms with van der Waals surface area (Å²) in [6.07, 6.45) is 2.66. The standard InChI is InChI=1S/C16H14N2O3S/c19-6-5-12(16(20)18-21)15-7-10(9-22-15)13-8-17-14-4-2-1-3-11(13)14/h1-4,6-9,12,17,21H,5H2,(H,18,20). The number of carbonyl (C=O) groups excluding carboxylic acids is 2. The van der Waals surface area contributed by atoms with Crippen LogP contribution in [0.2, 0.25) is 0 Å². The minimum Gasteiger partial charge on any atom is -0.361 e. The van der Waals surface area contributed by atoms with Gasteiger partial charge in [-0.15, -0.1) is 11.3 Å². The number of H-pyrrole nitrogens is 1. The second kappa shape index (κ2) is 6.13. The fourth-order valence-electron chi connectivity index (χ4n) is 2.51. The van der Waals surface area contributed by atoms with Crippen molar-refractivity contribution in [2.45, 2.75) is 12.3 Å². The average Bonchev–Trinajstić information content (AvgIpc) is 3.18. The van der Waals surface area contributed by atoms with Crippen molar-refractivity contribution in [1.82, 2.24) is 10.5 Å². The number of rotatable bonds is 5. The van der Waals surface area contributed by atoms with Gasteiger partial charge in [-0.05, 0) is 23.1 Å². The number of benzene rings is 1. The molecule has 22 heavy (non-hydrogen) atoms. The first kappa shape index (κ1) is 14.5. The Morgan fingerprint density at radius 3 is 3.00 bits per heavy atom. The van der Waals surface area contributed by atoms with Gasteiger partial charge in [0.05, 0.1) is 5.92 Å². The number of hydrogen-bond donors (Lipinski definition) is 3. The molecule has 1 amide bonds. The largest absolute Gasteiger partial charge is 0.361 e. The summed E-state index contributed by atoms with van der Waals surface area (Å²) in [5.41, 5.74) is 4.70. The highest BCUT2D eigenvalue weighted by molar-refractivity contribution is 7.10. The predicted molar refractivity (Wildman–Crippen MR) is 85.0 cm³/mol. The van der Waals surface area contributed by atoms with Gasteiger partial charge >= 0.3 is 0 Å². The van der Waals surface area contributed by atoms with E-state index in [1.54, 1.807) is 5.48 Å². The number of aromatic nitrogens is 1. The first-order chi connectivity index (χ1) is 10.7. The summed E-state index contributed by atoms with van der Waals surface area (Å²) in [6.45, 7) is 0. The van der Waals surface area contributed by atoms with Gasteiger partial charge in [-0.1, -0.05) is 18.2 Å². The van der Waals surface area contributed by atoms with E-state index in [9.17, 15) is 9.59 Å². The number of hydrogen-bond acceptors (Lipinski definition) is 4. The molecule has 1 atom stereocenters. The monoisotopic (exact) mass is 314 g/mol. The molecule has 0 aliphatic heterocycles. The third kappa shape index (κ3) is 2.54. The molecule has 6 heteroatoms. The number of thiophene rings is 1. The maximum atomic E-state index is 11.7. The molecule has 0 saturated carbocycles. The Bertz CT molecular complexity index is 822. The van der Waals surface area contributed by atoms with Crippen LogP contribution in [0.25, 0.3) is 22.0 Å². The number of amides is 1. The normalized spacial score (nSPS) is 12.2. The zero-order valence-corrected chi connectivity index (χ0v) is 12.4. The highest BCUT2D eigenvalue weighted by Gasteiger charge is 2.22. The molecule has 2 aromatic heterocycles. The van der Waals surface area contributed by atoms with Crippen LogP contribution in [0.3, 0.4) is 0 Å². The molecule has 0 spiro atoms. The van der Waals surface area contributed by atoms with Crippen LogP contribution in [0.5, 0.6) is 0 Å². The lowest BCUT2D eigenvalue weighted by Gasteiger charge is -2.08. The molecule has 0 bridgehead atoms. The van der Waals surface area contributed by atoms with Crippen LogP contribution in [0, 0.1) is 0 Å². The van der Waals surface area contributed by atoms with E-state index >= 15 is 0 Å². The van der Waals surface area contributed by atoms with Crippen LogP contribution >= 0.6 is 11.3 Å². The Morgan fingerprint density at radius 2 is 2.23 bits per heavy atom. The molecule has 2 heterocycles. The Labute approximate surface area is 130 Å². The SMILES string of the molecule is O=CCC(C(=O)NO)c1cc(-c2c[nH]c3ccccc23)cs1. The van der Waals surface area contributed by atoms with E-state index in [0.29, 0.717) is 6.29 Å². The van der Waals surface area contributed by atoms with Crippen molar-refractivity contribution in [1.29, 1.82) is 0 Å². The number of hydroxylamine groups is 1. The molecule has 0 aliphatic rings. The van der Waals surface area contributed by atoms with Crippen molar-refractivity contribution in [3.63, 3.8) is 0 Å². The van der Waals surface area contributed by atoms with E-state index in [4.69, 9.17) is 5.21 Å². The van der Waals surface area contributed by atoms with Gasteiger partial charge in [-0.3, -0.25) is 10.0 Å². The summed E-state index contributed by atoms with van der Waals surface area (Å²) in [5.74, 6) is -1.23. The molecule has 0 radical (unpaired) electrons. The van der Waals surface area contributed by atoms with Crippen LogP contribution in [0.1, 0.15) is 17.2 Å². The van der Waals surface area contributed by atoms with Crippen LogP contribution in [0.4, 0.5) is 0 Å². The highest BCUT2D eigenvalue weighted by Crippen LogP contribution is 2.35. The average molecular weight is 314 g/mol. The van der Waals surface area contributed by atoms with Gasteiger partial charge in [0.2, 0.25) is 0 Å². The molecule has 5 nitrogen and oxygen atoms in total. The smallest absolute Gasteiger partial charge is 0.252 e. The summed E-state index contributed by atoms with van der Waals surface area (Å²) in [6, 6.07) is 9.86. The number of fused-ring (bicyclic) bond motifs is 1. The molecule has 3 aromatic rings. The van der Waals surface area contributed by atoms with E-state index in [1.807, 2.05) is 41.9 Å². The lowest BCUT2D eigenvalue weighted by Crippen LogP contribution is -2.26. The zero-order valence-electron chi connectivity index (χ0n) is 11.6. The van der Waals surface area contributed by atoms with Crippen molar-refractivity contribution in [3.8, 4) is 11.1 Å². The van der Waals surface area contributed by atoms with E-state index < -0.39 is 11.8 Å². The van der Waals surface area contributed by atoms with Gasteiger partial charge < -0.3 is 9.78 Å². The molecule has 1 unspecified atom stereocenters. The number of aldehydes is 1. The fourth-order valence-corrected chi connectivity index (χ4v) is 3.53. The molecular weight excluding hydrogens is 300 g/mol. The Kier molecular flexibility index (Phi) is 4.04. The molecule has 112 valence electrons. The van der Waals surface area contributed by atoms with Crippen molar-refractivity contribution >= 4 is 34.4 Å². The third-order valence-electron chi connectivity index (χ3n) is 3.62. The topological polar surface area (TPSA) is 82.2 Å². The molecule has 0 aliphatic carbocycles. The van der Waals surface area contributed by atoms with Gasteiger partial charge in [0, 0.05) is 34.0 Å². The summed E-state index contributed by atoms with van der Waals surface area (Å²) in [4.78, 5) is 26.4. The first-order valence-electron chi connectivity index (χ1n) is 6.77. The van der Waals surface area contributed by atoms with Crippen molar-refractivity contribution in [3.05, 3.63) is 46.8 Å². The molecule has 3 N–H and O–H groups in total. The van der Waals surface area contributed by atoms with Crippen molar-refractivity contribution < 1.29 is 14.8 Å². The maximum Gasteiger partial charge on any atom is 0.252 e. The third-order valence-corrected chi connectivity index (χ3v) is 4.67. The zero-order chi connectivity index (χ0) is 15.5. The Morgan fingerprint density at radius 1 is 1.41 bits per heavy atom. The van der Waals surface area contributed by atoms with Crippen LogP contribution in [0.15, 0.2) is 41.9 Å². The van der Waals surface area contributed by atoms with Crippen LogP contribution < -0.4 is 5.48 Å². The van der Waals surface area contributed by atoms with E-state index in [2.05, 4.69) is 4.98 Å². The van der Waals surface area contributed by atoms with Gasteiger partial charge in [-0.2, -0.15) is 0 Å². The molecule has 3 rings (SSSR count). The maximum absolute atomic E-state index is 11.7. The quantitative estimate of drug-likeness (QED) is 0.384. The van der Waals surface area contributed by atoms with Gasteiger partial charge in [0.1, 0.15) is 6.29 Å². The van der Waals surface area contributed by atoms with E-state index in [1.165, 1.54) is 11.3 Å². The molecular formula is C16H14N2O3S. The predicted octanol–water partition coefficient (Wildman–Crippen LogP) is 3.07. The number of aromatic amines is 1. The van der Waals surface area contributed by atoms with E-state index in [-0.39, 0.29) is 6.42 Å². The summed E-state index contributed by atoms with van der Waals surface area (Å²) < 4.78 is 0. The van der Waals surface area contributed by atoms with Crippen molar-refractivity contribution in [2.75, 3.05) is 0 Å². The van der Waals surface area contributed by atoms with Gasteiger partial charge in [0.15, 0.2) is 0 Å². The minimum absolute atomic E-state index is 0.0419. The first-order valence-corrected chi connectivity index (χ1v) is 7.65. The van der Waals surface area contributed by atoms with E-state index in [0.717, 1.165) is 26.9 Å².